The molecular weight excluding hydrogens is 516 g/mol. The molecule has 0 unspecified atom stereocenters. The van der Waals surface area contributed by atoms with Crippen LogP contribution in [0.3, 0.4) is 0 Å². The Bertz CT molecular complexity index is 1360. The smallest absolute Gasteiger partial charge is 0.229 e. The second-order valence-corrected chi connectivity index (χ2v) is 9.79. The number of ether oxygens (including phenoxy) is 3. The lowest BCUT2D eigenvalue weighted by atomic mass is 9.92. The molecular formula is C27H30O12. The minimum absolute atomic E-state index is 0.0772. The van der Waals surface area contributed by atoms with E-state index in [0.29, 0.717) is 5.56 Å². The van der Waals surface area contributed by atoms with Crippen molar-refractivity contribution in [3.05, 3.63) is 58.3 Å². The van der Waals surface area contributed by atoms with E-state index < -0.39 is 72.9 Å². The van der Waals surface area contributed by atoms with Crippen molar-refractivity contribution in [2.75, 3.05) is 6.61 Å². The number of aliphatic hydroxyl groups is 6. The molecule has 39 heavy (non-hydrogen) atoms. The van der Waals surface area contributed by atoms with Gasteiger partial charge in [0.25, 0.3) is 0 Å². The van der Waals surface area contributed by atoms with E-state index >= 15 is 0 Å². The molecule has 0 radical (unpaired) electrons. The largest absolute Gasteiger partial charge is 0.506 e. The zero-order valence-corrected chi connectivity index (χ0v) is 20.8. The van der Waals surface area contributed by atoms with E-state index in [4.69, 9.17) is 18.6 Å². The van der Waals surface area contributed by atoms with Crippen LogP contribution in [0.25, 0.3) is 22.3 Å². The Morgan fingerprint density at radius 1 is 0.949 bits per heavy atom. The standard InChI is InChI=1S/C27H30O12/c1-11-22(31)14(30)8-16(36-11)21-18(38-27-26(35)25(34)23(32)19(10-28)39-27)9-17-20(24(21)33)13(29)7-15(37-17)12-5-3-2-4-6-12/h2-7,9,11,14,16,19,22-23,25-28,30-35H,8,10H2,1H3/t11-,14+,16-,19-,22+,23-,25+,26-,27-/m1/s1. The molecule has 2 fully saturated rings. The number of hydrogen-bond acceptors (Lipinski definition) is 12. The number of benzene rings is 2. The van der Waals surface area contributed by atoms with Crippen LogP contribution in [0.5, 0.6) is 11.5 Å². The highest BCUT2D eigenvalue weighted by atomic mass is 16.7. The van der Waals surface area contributed by atoms with Crippen molar-refractivity contribution in [1.29, 1.82) is 0 Å². The molecule has 210 valence electrons. The van der Waals surface area contributed by atoms with E-state index in [1.807, 2.05) is 0 Å². The maximum absolute atomic E-state index is 13.2. The molecule has 0 amide bonds. The number of hydrogen-bond donors (Lipinski definition) is 7. The van der Waals surface area contributed by atoms with Crippen LogP contribution in [-0.2, 0) is 9.47 Å². The lowest BCUT2D eigenvalue weighted by Gasteiger charge is -2.40. The molecule has 12 nitrogen and oxygen atoms in total. The summed E-state index contributed by atoms with van der Waals surface area (Å²) in [7, 11) is 0. The predicted molar refractivity (Wildman–Crippen MR) is 134 cm³/mol. The van der Waals surface area contributed by atoms with E-state index in [9.17, 15) is 40.5 Å². The second kappa shape index (κ2) is 10.8. The van der Waals surface area contributed by atoms with Gasteiger partial charge in [-0.05, 0) is 6.92 Å². The summed E-state index contributed by atoms with van der Waals surface area (Å²) >= 11 is 0. The second-order valence-electron chi connectivity index (χ2n) is 9.79. The lowest BCUT2D eigenvalue weighted by molar-refractivity contribution is -0.277. The van der Waals surface area contributed by atoms with Crippen molar-refractivity contribution < 1.29 is 54.4 Å². The number of aliphatic hydroxyl groups excluding tert-OH is 6. The molecule has 5 rings (SSSR count). The molecule has 12 heteroatoms. The predicted octanol–water partition coefficient (Wildman–Crippen LogP) is -0.0840. The maximum Gasteiger partial charge on any atom is 0.229 e. The zero-order chi connectivity index (χ0) is 28.0. The Morgan fingerprint density at radius 2 is 1.67 bits per heavy atom. The van der Waals surface area contributed by atoms with E-state index in [-0.39, 0.29) is 34.5 Å². The molecule has 7 N–H and O–H groups in total. The molecule has 3 heterocycles. The fourth-order valence-electron chi connectivity index (χ4n) is 4.99. The zero-order valence-electron chi connectivity index (χ0n) is 20.8. The van der Waals surface area contributed by atoms with Gasteiger partial charge in [0.1, 0.15) is 58.7 Å². The van der Waals surface area contributed by atoms with Gasteiger partial charge in [-0.1, -0.05) is 30.3 Å². The van der Waals surface area contributed by atoms with Crippen molar-refractivity contribution in [1.82, 2.24) is 0 Å². The Morgan fingerprint density at radius 3 is 2.33 bits per heavy atom. The third kappa shape index (κ3) is 5.01. The van der Waals surface area contributed by atoms with Crippen molar-refractivity contribution in [2.45, 2.75) is 68.5 Å². The van der Waals surface area contributed by atoms with Gasteiger partial charge in [-0.15, -0.1) is 0 Å². The molecule has 2 aromatic carbocycles. The van der Waals surface area contributed by atoms with Gasteiger partial charge in [-0.3, -0.25) is 4.79 Å². The van der Waals surface area contributed by atoms with Gasteiger partial charge in [0.15, 0.2) is 5.43 Å². The van der Waals surface area contributed by atoms with Crippen LogP contribution in [0, 0.1) is 0 Å². The fourth-order valence-corrected chi connectivity index (χ4v) is 4.99. The van der Waals surface area contributed by atoms with Crippen LogP contribution >= 0.6 is 0 Å². The number of rotatable bonds is 5. The van der Waals surface area contributed by atoms with Crippen molar-refractivity contribution in [3.8, 4) is 22.8 Å². The van der Waals surface area contributed by atoms with Crippen LogP contribution in [0.2, 0.25) is 0 Å². The fraction of sp³-hybridized carbons (Fsp3) is 0.444. The van der Waals surface area contributed by atoms with E-state index in [0.717, 1.165) is 0 Å². The minimum atomic E-state index is -1.77. The normalized spacial score (nSPS) is 33.3. The summed E-state index contributed by atoms with van der Waals surface area (Å²) in [5.41, 5.74) is -0.139. The highest BCUT2D eigenvalue weighted by molar-refractivity contribution is 5.88. The highest BCUT2D eigenvalue weighted by Gasteiger charge is 2.46. The Hall–Kier alpha value is -3.07. The first-order valence-corrected chi connectivity index (χ1v) is 12.5. The minimum Gasteiger partial charge on any atom is -0.506 e. The molecule has 2 aliphatic heterocycles. The van der Waals surface area contributed by atoms with Crippen molar-refractivity contribution in [2.24, 2.45) is 0 Å². The SMILES string of the molecule is C[C@H]1O[C@@H](c2c(O[C@@H]3O[C@H](CO)[C@@H](O)[C@H](O)[C@H]3O)cc3oc(-c4ccccc4)cc(=O)c3c2O)C[C@H](O)[C@H]1O. The summed E-state index contributed by atoms with van der Waals surface area (Å²) in [6.07, 6.45) is -12.6. The van der Waals surface area contributed by atoms with Gasteiger partial charge < -0.3 is 54.4 Å². The van der Waals surface area contributed by atoms with Crippen LogP contribution in [-0.4, -0.2) is 91.4 Å². The van der Waals surface area contributed by atoms with E-state index in [1.54, 1.807) is 30.3 Å². The quantitative estimate of drug-likeness (QED) is 0.225. The lowest BCUT2D eigenvalue weighted by Crippen LogP contribution is -2.60. The summed E-state index contributed by atoms with van der Waals surface area (Å²) in [6, 6.07) is 11.3. The maximum atomic E-state index is 13.2. The molecule has 9 atom stereocenters. The first-order chi connectivity index (χ1) is 18.6. The first-order valence-electron chi connectivity index (χ1n) is 12.5. The number of phenols is 1. The van der Waals surface area contributed by atoms with Crippen LogP contribution in [0.4, 0.5) is 0 Å². The van der Waals surface area contributed by atoms with Gasteiger partial charge >= 0.3 is 0 Å². The van der Waals surface area contributed by atoms with Gasteiger partial charge in [-0.25, -0.2) is 0 Å². The van der Waals surface area contributed by atoms with E-state index in [2.05, 4.69) is 0 Å². The van der Waals surface area contributed by atoms with Crippen LogP contribution in [0.15, 0.2) is 51.7 Å². The molecule has 1 aromatic heterocycles. The molecule has 3 aromatic rings. The molecule has 0 bridgehead atoms. The van der Waals surface area contributed by atoms with E-state index in [1.165, 1.54) is 19.1 Å². The number of aromatic hydroxyl groups is 1. The van der Waals surface area contributed by atoms with Gasteiger partial charge in [0.2, 0.25) is 6.29 Å². The van der Waals surface area contributed by atoms with Crippen molar-refractivity contribution in [3.63, 3.8) is 0 Å². The summed E-state index contributed by atoms with van der Waals surface area (Å²) in [6.45, 7) is 0.833. The third-order valence-electron chi connectivity index (χ3n) is 7.18. The summed E-state index contributed by atoms with van der Waals surface area (Å²) in [5, 5.41) is 72.2. The van der Waals surface area contributed by atoms with Gasteiger partial charge in [-0.2, -0.15) is 0 Å². The summed E-state index contributed by atoms with van der Waals surface area (Å²) in [5.74, 6) is -0.542. The Kier molecular flexibility index (Phi) is 7.64. The van der Waals surface area contributed by atoms with Gasteiger partial charge in [0.05, 0.1) is 30.5 Å². The van der Waals surface area contributed by atoms with Gasteiger partial charge in [0, 0.05) is 24.1 Å². The van der Waals surface area contributed by atoms with Crippen molar-refractivity contribution >= 4 is 11.0 Å². The number of phenolic OH excluding ortho intramolecular Hbond substituents is 1. The topological polar surface area (TPSA) is 200 Å². The average Bonchev–Trinajstić information content (AvgIpc) is 2.92. The molecule has 0 saturated carbocycles. The Balaban J connectivity index is 1.65. The van der Waals surface area contributed by atoms with Crippen LogP contribution in [0.1, 0.15) is 25.0 Å². The third-order valence-corrected chi connectivity index (χ3v) is 7.18. The molecule has 2 aliphatic rings. The molecule has 0 spiro atoms. The summed E-state index contributed by atoms with van der Waals surface area (Å²) < 4.78 is 23.1. The van der Waals surface area contributed by atoms with Crippen LogP contribution < -0.4 is 10.2 Å². The Labute approximate surface area is 221 Å². The number of fused-ring (bicyclic) bond motifs is 1. The summed E-state index contributed by atoms with van der Waals surface area (Å²) in [4.78, 5) is 13.2. The first kappa shape index (κ1) is 27.5. The highest BCUT2D eigenvalue weighted by Crippen LogP contribution is 2.45. The average molecular weight is 547 g/mol. The molecule has 0 aliphatic carbocycles. The molecule has 2 saturated heterocycles. The monoisotopic (exact) mass is 546 g/mol.